The van der Waals surface area contributed by atoms with Crippen LogP contribution in [0, 0.1) is 0 Å². The highest BCUT2D eigenvalue weighted by Gasteiger charge is 2.26. The molecule has 2 aromatic rings. The van der Waals surface area contributed by atoms with Crippen molar-refractivity contribution in [3.8, 4) is 5.82 Å². The molecule has 0 aliphatic heterocycles. The van der Waals surface area contributed by atoms with Gasteiger partial charge in [-0.25, -0.2) is 14.8 Å². The van der Waals surface area contributed by atoms with Gasteiger partial charge in [0.2, 0.25) is 5.82 Å². The van der Waals surface area contributed by atoms with E-state index in [2.05, 4.69) is 19.8 Å². The third kappa shape index (κ3) is 2.01. The molecule has 1 saturated carbocycles. The Bertz CT molecular complexity index is 686. The molecule has 8 heteroatoms. The van der Waals surface area contributed by atoms with E-state index in [9.17, 15) is 9.59 Å². The highest BCUT2D eigenvalue weighted by Crippen LogP contribution is 2.33. The Hall–Kier alpha value is -2.51. The van der Waals surface area contributed by atoms with Gasteiger partial charge in [0.1, 0.15) is 6.33 Å². The van der Waals surface area contributed by atoms with Crippen LogP contribution in [-0.2, 0) is 4.74 Å². The van der Waals surface area contributed by atoms with Crippen molar-refractivity contribution < 1.29 is 9.53 Å². The molecular weight excluding hydrogens is 250 g/mol. The fourth-order valence-corrected chi connectivity index (χ4v) is 1.76. The number of aromatic nitrogens is 5. The van der Waals surface area contributed by atoms with Crippen molar-refractivity contribution in [1.82, 2.24) is 24.3 Å². The maximum absolute atomic E-state index is 12.2. The Labute approximate surface area is 107 Å². The summed E-state index contributed by atoms with van der Waals surface area (Å²) in [6.45, 7) is 0. The lowest BCUT2D eigenvalue weighted by Crippen LogP contribution is -2.25. The third-order valence-corrected chi connectivity index (χ3v) is 2.87. The number of nitrogens with zero attached hydrogens (tertiary/aromatic N) is 5. The van der Waals surface area contributed by atoms with Crippen LogP contribution in [0.5, 0.6) is 0 Å². The molecule has 0 unspecified atom stereocenters. The van der Waals surface area contributed by atoms with Gasteiger partial charge in [-0.2, -0.15) is 4.68 Å². The van der Waals surface area contributed by atoms with Crippen LogP contribution < -0.4 is 5.56 Å². The molecule has 1 aliphatic rings. The number of esters is 1. The number of hydrogen-bond donors (Lipinski definition) is 0. The lowest BCUT2D eigenvalue weighted by molar-refractivity contribution is 0.0587. The minimum atomic E-state index is -0.655. The molecule has 8 nitrogen and oxygen atoms in total. The Morgan fingerprint density at radius 1 is 1.42 bits per heavy atom. The van der Waals surface area contributed by atoms with Gasteiger partial charge in [-0.15, -0.1) is 5.10 Å². The van der Waals surface area contributed by atoms with E-state index in [0.717, 1.165) is 12.8 Å². The lowest BCUT2D eigenvalue weighted by Gasteiger charge is -2.04. The summed E-state index contributed by atoms with van der Waals surface area (Å²) < 4.78 is 7.32. The van der Waals surface area contributed by atoms with E-state index in [0.29, 0.717) is 0 Å². The molecule has 0 amide bonds. The van der Waals surface area contributed by atoms with Crippen molar-refractivity contribution in [3.63, 3.8) is 0 Å². The van der Waals surface area contributed by atoms with E-state index in [1.807, 2.05) is 0 Å². The molecule has 0 aromatic carbocycles. The van der Waals surface area contributed by atoms with E-state index in [1.54, 1.807) is 10.8 Å². The zero-order valence-corrected chi connectivity index (χ0v) is 10.2. The Morgan fingerprint density at radius 3 is 2.89 bits per heavy atom. The van der Waals surface area contributed by atoms with Gasteiger partial charge in [0.15, 0.2) is 0 Å². The summed E-state index contributed by atoms with van der Waals surface area (Å²) in [7, 11) is 1.24. The van der Waals surface area contributed by atoms with Crippen molar-refractivity contribution >= 4 is 5.97 Å². The van der Waals surface area contributed by atoms with E-state index < -0.39 is 5.97 Å². The highest BCUT2D eigenvalue weighted by molar-refractivity contribution is 5.84. The molecule has 0 spiro atoms. The number of methoxy groups -OCH3 is 1. The molecule has 0 radical (unpaired) electrons. The second kappa shape index (κ2) is 4.30. The van der Waals surface area contributed by atoms with Crippen LogP contribution in [0.4, 0.5) is 0 Å². The molecule has 1 fully saturated rings. The molecule has 98 valence electrons. The SMILES string of the molecule is COC(=O)c1ncn(-c2nccn(C3CC3)c2=O)n1. The van der Waals surface area contributed by atoms with E-state index >= 15 is 0 Å². The zero-order chi connectivity index (χ0) is 13.4. The summed E-state index contributed by atoms with van der Waals surface area (Å²) in [4.78, 5) is 31.2. The first-order chi connectivity index (χ1) is 9.20. The second-order valence-electron chi connectivity index (χ2n) is 4.20. The molecule has 2 aromatic heterocycles. The van der Waals surface area contributed by atoms with Gasteiger partial charge < -0.3 is 9.30 Å². The van der Waals surface area contributed by atoms with Crippen LogP contribution in [0.3, 0.4) is 0 Å². The number of ether oxygens (including phenoxy) is 1. The molecule has 1 aliphatic carbocycles. The number of rotatable bonds is 3. The van der Waals surface area contributed by atoms with E-state index in [-0.39, 0.29) is 23.2 Å². The maximum atomic E-state index is 12.2. The summed E-state index contributed by atoms with van der Waals surface area (Å²) in [5, 5.41) is 3.89. The fourth-order valence-electron chi connectivity index (χ4n) is 1.76. The van der Waals surface area contributed by atoms with E-state index in [4.69, 9.17) is 0 Å². The number of hydrogen-bond acceptors (Lipinski definition) is 6. The predicted octanol–water partition coefficient (Wildman–Crippen LogP) is -0.0545. The molecule has 0 N–H and O–H groups in total. The standard InChI is InChI=1S/C11H11N5O3/c1-19-11(18)8-13-6-16(14-8)9-10(17)15(5-4-12-9)7-2-3-7/h4-7H,2-3H2,1H3. The second-order valence-corrected chi connectivity index (χ2v) is 4.20. The average Bonchev–Trinajstić information content (AvgIpc) is 3.15. The van der Waals surface area contributed by atoms with E-state index in [1.165, 1.54) is 24.3 Å². The fraction of sp³-hybridized carbons (Fsp3) is 0.364. The molecule has 0 bridgehead atoms. The minimum absolute atomic E-state index is 0.106. The van der Waals surface area contributed by atoms with Crippen LogP contribution in [-0.4, -0.2) is 37.4 Å². The minimum Gasteiger partial charge on any atom is -0.463 e. The first kappa shape index (κ1) is 11.6. The third-order valence-electron chi connectivity index (χ3n) is 2.87. The Balaban J connectivity index is 2.02. The van der Waals surface area contributed by atoms with Crippen LogP contribution in [0.15, 0.2) is 23.5 Å². The molecule has 0 saturated heterocycles. The molecular formula is C11H11N5O3. The summed E-state index contributed by atoms with van der Waals surface area (Å²) in [6.07, 6.45) is 6.45. The van der Waals surface area contributed by atoms with Gasteiger partial charge in [0.05, 0.1) is 7.11 Å². The highest BCUT2D eigenvalue weighted by atomic mass is 16.5. The zero-order valence-electron chi connectivity index (χ0n) is 10.2. The predicted molar refractivity (Wildman–Crippen MR) is 63.0 cm³/mol. The summed E-state index contributed by atoms with van der Waals surface area (Å²) in [5.74, 6) is -0.639. The van der Waals surface area contributed by atoms with Crippen LogP contribution in [0.2, 0.25) is 0 Å². The van der Waals surface area contributed by atoms with Gasteiger partial charge in [-0.3, -0.25) is 4.79 Å². The lowest BCUT2D eigenvalue weighted by atomic mass is 10.5. The quantitative estimate of drug-likeness (QED) is 0.719. The van der Waals surface area contributed by atoms with Crippen molar-refractivity contribution in [2.45, 2.75) is 18.9 Å². The maximum Gasteiger partial charge on any atom is 0.377 e. The molecule has 3 rings (SSSR count). The molecule has 19 heavy (non-hydrogen) atoms. The summed E-state index contributed by atoms with van der Waals surface area (Å²) in [6, 6.07) is 0.248. The Morgan fingerprint density at radius 2 is 2.21 bits per heavy atom. The van der Waals surface area contributed by atoms with Crippen molar-refractivity contribution in [2.75, 3.05) is 7.11 Å². The van der Waals surface area contributed by atoms with Crippen molar-refractivity contribution in [2.24, 2.45) is 0 Å². The Kier molecular flexibility index (Phi) is 2.62. The van der Waals surface area contributed by atoms with Crippen LogP contribution in [0.25, 0.3) is 5.82 Å². The summed E-state index contributed by atoms with van der Waals surface area (Å²) in [5.41, 5.74) is -0.244. The van der Waals surface area contributed by atoms with Gasteiger partial charge in [-0.1, -0.05) is 0 Å². The first-order valence-electron chi connectivity index (χ1n) is 5.78. The van der Waals surface area contributed by atoms with Crippen molar-refractivity contribution in [1.29, 1.82) is 0 Å². The monoisotopic (exact) mass is 261 g/mol. The largest absolute Gasteiger partial charge is 0.463 e. The van der Waals surface area contributed by atoms with Gasteiger partial charge >= 0.3 is 5.97 Å². The molecule has 2 heterocycles. The normalized spacial score (nSPS) is 14.4. The average molecular weight is 261 g/mol. The van der Waals surface area contributed by atoms with Gasteiger partial charge in [0.25, 0.3) is 11.4 Å². The van der Waals surface area contributed by atoms with Crippen molar-refractivity contribution in [3.05, 3.63) is 34.9 Å². The molecule has 0 atom stereocenters. The number of carbonyl (C=O) groups excluding carboxylic acids is 1. The van der Waals surface area contributed by atoms with Gasteiger partial charge in [0, 0.05) is 18.4 Å². The topological polar surface area (TPSA) is 91.9 Å². The first-order valence-corrected chi connectivity index (χ1v) is 5.78. The number of carbonyl (C=O) groups is 1. The van der Waals surface area contributed by atoms with Gasteiger partial charge in [-0.05, 0) is 12.8 Å². The van der Waals surface area contributed by atoms with Crippen LogP contribution in [0.1, 0.15) is 29.5 Å². The van der Waals surface area contributed by atoms with Crippen LogP contribution >= 0.6 is 0 Å². The smallest absolute Gasteiger partial charge is 0.377 e. The summed E-state index contributed by atoms with van der Waals surface area (Å²) >= 11 is 0.